The minimum absolute atomic E-state index is 0.0288. The van der Waals surface area contributed by atoms with Crippen LogP contribution >= 0.6 is 8.38 Å². The average molecular weight is 447 g/mol. The number of aryl methyl sites for hydroxylation is 2. The number of fused-ring (bicyclic) bond motifs is 2. The van der Waals surface area contributed by atoms with Gasteiger partial charge in [-0.3, -0.25) is 0 Å². The summed E-state index contributed by atoms with van der Waals surface area (Å²) in [5.41, 5.74) is 7.46. The predicted molar refractivity (Wildman–Crippen MR) is 137 cm³/mol. The third kappa shape index (κ3) is 4.57. The number of benzene rings is 3. The first kappa shape index (κ1) is 22.9. The number of hydrogen-bond acceptors (Lipinski definition) is 2. The molecule has 0 N–H and O–H groups in total. The molecule has 1 heterocycles. The molecule has 0 radical (unpaired) electrons. The summed E-state index contributed by atoms with van der Waals surface area (Å²) in [6.45, 7) is 17.9. The fourth-order valence-corrected chi connectivity index (χ4v) is 5.76. The molecule has 2 nitrogen and oxygen atoms in total. The molecule has 3 aromatic carbocycles. The third-order valence-corrected chi connectivity index (χ3v) is 7.35. The van der Waals surface area contributed by atoms with Gasteiger partial charge in [-0.1, -0.05) is 95.1 Å². The van der Waals surface area contributed by atoms with Crippen LogP contribution in [0, 0.1) is 13.8 Å². The van der Waals surface area contributed by atoms with Crippen molar-refractivity contribution in [3.63, 3.8) is 0 Å². The topological polar surface area (TPSA) is 18.5 Å². The van der Waals surface area contributed by atoms with Crippen LogP contribution in [0.25, 0.3) is 0 Å². The van der Waals surface area contributed by atoms with Crippen molar-refractivity contribution < 1.29 is 9.05 Å². The molecule has 0 saturated carbocycles. The monoisotopic (exact) mass is 446 g/mol. The molecule has 0 bridgehead atoms. The molecule has 0 aromatic heterocycles. The molecule has 0 unspecified atom stereocenters. The van der Waals surface area contributed by atoms with Crippen molar-refractivity contribution in [2.45, 2.75) is 72.6 Å². The molecule has 1 aliphatic rings. The molecule has 3 aromatic rings. The van der Waals surface area contributed by atoms with Gasteiger partial charge in [0.1, 0.15) is 11.5 Å². The van der Waals surface area contributed by atoms with Gasteiger partial charge in [-0.15, -0.1) is 0 Å². The summed E-state index contributed by atoms with van der Waals surface area (Å²) in [5, 5.41) is 1.09. The maximum absolute atomic E-state index is 6.83. The van der Waals surface area contributed by atoms with Gasteiger partial charge in [-0.25, -0.2) is 0 Å². The highest BCUT2D eigenvalue weighted by molar-refractivity contribution is 7.56. The van der Waals surface area contributed by atoms with Crippen LogP contribution in [-0.2, 0) is 17.3 Å². The molecule has 4 rings (SSSR count). The Labute approximate surface area is 194 Å². The summed E-state index contributed by atoms with van der Waals surface area (Å²) in [6, 6.07) is 19.5. The van der Waals surface area contributed by atoms with Crippen molar-refractivity contribution in [2.75, 3.05) is 0 Å². The Bertz CT molecular complexity index is 1060. The standard InChI is InChI=1S/C29H35O2P/c1-19-14-21-18-22-15-20(2)17-25(29(6,7)8)27(22)31-32(23-12-10-9-11-13-23)30-26(21)24(16-19)28(3,4)5/h9-17H,18H2,1-8H3. The van der Waals surface area contributed by atoms with Gasteiger partial charge in [0, 0.05) is 17.5 Å². The quantitative estimate of drug-likeness (QED) is 0.354. The lowest BCUT2D eigenvalue weighted by Crippen LogP contribution is -2.21. The maximum Gasteiger partial charge on any atom is 0.326 e. The Morgan fingerprint density at radius 2 is 1.09 bits per heavy atom. The van der Waals surface area contributed by atoms with Crippen LogP contribution in [0.1, 0.15) is 74.9 Å². The van der Waals surface area contributed by atoms with Crippen LogP contribution < -0.4 is 14.4 Å². The highest BCUT2D eigenvalue weighted by atomic mass is 31.2. The highest BCUT2D eigenvalue weighted by Crippen LogP contribution is 2.51. The van der Waals surface area contributed by atoms with Crippen LogP contribution in [0.15, 0.2) is 54.6 Å². The van der Waals surface area contributed by atoms with Crippen LogP contribution in [0.5, 0.6) is 11.5 Å². The second kappa shape index (κ2) is 8.23. The fraction of sp³-hybridized carbons (Fsp3) is 0.379. The van der Waals surface area contributed by atoms with E-state index in [0.29, 0.717) is 0 Å². The largest absolute Gasteiger partial charge is 0.435 e. The summed E-state index contributed by atoms with van der Waals surface area (Å²) < 4.78 is 13.7. The molecular weight excluding hydrogens is 411 g/mol. The Hall–Kier alpha value is -2.31. The van der Waals surface area contributed by atoms with Gasteiger partial charge >= 0.3 is 8.38 Å². The van der Waals surface area contributed by atoms with Crippen LogP contribution in [0.3, 0.4) is 0 Å². The lowest BCUT2D eigenvalue weighted by molar-refractivity contribution is 0.457. The number of hydrogen-bond donors (Lipinski definition) is 0. The first-order valence-electron chi connectivity index (χ1n) is 11.4. The highest BCUT2D eigenvalue weighted by Gasteiger charge is 2.32. The minimum Gasteiger partial charge on any atom is -0.435 e. The molecule has 0 aliphatic carbocycles. The van der Waals surface area contributed by atoms with Crippen LogP contribution in [-0.4, -0.2) is 0 Å². The van der Waals surface area contributed by atoms with Gasteiger partial charge in [0.15, 0.2) is 0 Å². The Morgan fingerprint density at radius 3 is 1.50 bits per heavy atom. The van der Waals surface area contributed by atoms with Crippen molar-refractivity contribution in [3.8, 4) is 11.5 Å². The van der Waals surface area contributed by atoms with Crippen LogP contribution in [0.2, 0.25) is 0 Å². The van der Waals surface area contributed by atoms with Crippen molar-refractivity contribution in [1.29, 1.82) is 0 Å². The summed E-state index contributed by atoms with van der Waals surface area (Å²) in [7, 11) is -1.33. The molecular formula is C29H35O2P. The second-order valence-corrected chi connectivity index (χ2v) is 12.4. The van der Waals surface area contributed by atoms with E-state index in [0.717, 1.165) is 23.2 Å². The van der Waals surface area contributed by atoms with Crippen molar-refractivity contribution in [1.82, 2.24) is 0 Å². The van der Waals surface area contributed by atoms with E-state index in [1.165, 1.54) is 33.4 Å². The van der Waals surface area contributed by atoms with E-state index >= 15 is 0 Å². The summed E-state index contributed by atoms with van der Waals surface area (Å²) >= 11 is 0. The van der Waals surface area contributed by atoms with Crippen molar-refractivity contribution in [2.24, 2.45) is 0 Å². The SMILES string of the molecule is Cc1cc2c(c(C(C)(C)C)c1)OP(c1ccccc1)Oc1c(cc(C)cc1C(C)(C)C)C2. The van der Waals surface area contributed by atoms with Gasteiger partial charge in [-0.2, -0.15) is 0 Å². The fourth-order valence-electron chi connectivity index (χ4n) is 4.33. The molecule has 0 spiro atoms. The Balaban J connectivity index is 2.01. The molecule has 1 aliphatic heterocycles. The lowest BCUT2D eigenvalue weighted by atomic mass is 9.81. The Kier molecular flexibility index (Phi) is 5.88. The molecule has 3 heteroatoms. The van der Waals surface area contributed by atoms with E-state index in [-0.39, 0.29) is 10.8 Å². The van der Waals surface area contributed by atoms with Gasteiger partial charge in [0.2, 0.25) is 0 Å². The van der Waals surface area contributed by atoms with Crippen LogP contribution in [0.4, 0.5) is 0 Å². The third-order valence-electron chi connectivity index (χ3n) is 5.93. The zero-order valence-corrected chi connectivity index (χ0v) is 21.6. The number of rotatable bonds is 1. The summed E-state index contributed by atoms with van der Waals surface area (Å²) in [4.78, 5) is 0. The second-order valence-electron chi connectivity index (χ2n) is 11.1. The molecule has 0 atom stereocenters. The predicted octanol–water partition coefficient (Wildman–Crippen LogP) is 7.90. The molecule has 32 heavy (non-hydrogen) atoms. The van der Waals surface area contributed by atoms with E-state index in [1.807, 2.05) is 6.07 Å². The van der Waals surface area contributed by atoms with Gasteiger partial charge in [0.05, 0.1) is 5.30 Å². The first-order valence-corrected chi connectivity index (χ1v) is 12.6. The lowest BCUT2D eigenvalue weighted by Gasteiger charge is -2.33. The molecule has 0 amide bonds. The van der Waals surface area contributed by atoms with Gasteiger partial charge in [-0.05, 0) is 47.9 Å². The van der Waals surface area contributed by atoms with Crippen molar-refractivity contribution >= 4 is 13.7 Å². The zero-order valence-electron chi connectivity index (χ0n) is 20.7. The van der Waals surface area contributed by atoms with Crippen molar-refractivity contribution in [3.05, 3.63) is 88.0 Å². The van der Waals surface area contributed by atoms with E-state index in [2.05, 4.69) is 104 Å². The first-order chi connectivity index (χ1) is 14.9. The molecule has 168 valence electrons. The summed E-state index contributed by atoms with van der Waals surface area (Å²) in [6.07, 6.45) is 0.804. The molecule has 0 saturated heterocycles. The Morgan fingerprint density at radius 1 is 0.656 bits per heavy atom. The van der Waals surface area contributed by atoms with Gasteiger partial charge in [0.25, 0.3) is 0 Å². The minimum atomic E-state index is -1.33. The maximum atomic E-state index is 6.83. The van der Waals surface area contributed by atoms with Gasteiger partial charge < -0.3 is 9.05 Å². The normalized spacial score (nSPS) is 14.5. The van der Waals surface area contributed by atoms with E-state index in [9.17, 15) is 0 Å². The van der Waals surface area contributed by atoms with E-state index in [1.54, 1.807) is 0 Å². The smallest absolute Gasteiger partial charge is 0.326 e. The summed E-state index contributed by atoms with van der Waals surface area (Å²) in [5.74, 6) is 1.98. The van der Waals surface area contributed by atoms with E-state index in [4.69, 9.17) is 9.05 Å². The van der Waals surface area contributed by atoms with E-state index < -0.39 is 8.38 Å². The average Bonchev–Trinajstić information content (AvgIpc) is 2.67. The molecule has 0 fully saturated rings. The zero-order chi connectivity index (χ0) is 23.3.